The molecule has 18 heteroatoms. The summed E-state index contributed by atoms with van der Waals surface area (Å²) in [5, 5.41) is -0.933. The third-order valence-electron chi connectivity index (χ3n) is 4.56. The standard InChI is InChI=1S/C20H13F6O6PS2.2Na.H2O/c21-19(22,23)12-7-13(20(24,25)26)9-16(8-12)33(14-3-1-5-17(10-14)34(27,28)29)15-4-2-6-18(11-15)35(30,31)32;;;/h1-11H,(H,27,28,29)(H,30,31,32);;;1H2/q;2*+1;/p-2. The molecule has 0 aliphatic heterocycles. The summed E-state index contributed by atoms with van der Waals surface area (Å²) in [7, 11) is -12.6. The van der Waals surface area contributed by atoms with Crippen LogP contribution >= 0.6 is 7.92 Å². The van der Waals surface area contributed by atoms with Crippen LogP contribution in [0.5, 0.6) is 0 Å². The summed E-state index contributed by atoms with van der Waals surface area (Å²) in [6.07, 6.45) is -10.4. The van der Waals surface area contributed by atoms with Gasteiger partial charge in [-0.15, -0.1) is 0 Å². The van der Waals surface area contributed by atoms with E-state index < -0.39 is 66.7 Å². The van der Waals surface area contributed by atoms with Crippen molar-refractivity contribution in [2.24, 2.45) is 0 Å². The molecule has 0 spiro atoms. The van der Waals surface area contributed by atoms with Gasteiger partial charge < -0.3 is 14.6 Å². The fraction of sp³-hybridized carbons (Fsp3) is 0.100. The fourth-order valence-corrected chi connectivity index (χ4v) is 6.72. The van der Waals surface area contributed by atoms with E-state index in [-0.39, 0.29) is 81.3 Å². The van der Waals surface area contributed by atoms with Gasteiger partial charge in [0.25, 0.3) is 0 Å². The van der Waals surface area contributed by atoms with Crippen LogP contribution in [-0.2, 0) is 32.6 Å². The minimum atomic E-state index is -5.20. The van der Waals surface area contributed by atoms with Crippen LogP contribution in [0.4, 0.5) is 26.3 Å². The molecule has 3 rings (SSSR count). The molecule has 0 saturated heterocycles. The Morgan fingerprint density at radius 3 is 1.21 bits per heavy atom. The van der Waals surface area contributed by atoms with Crippen molar-refractivity contribution in [3.63, 3.8) is 0 Å². The van der Waals surface area contributed by atoms with E-state index in [4.69, 9.17) is 0 Å². The smallest absolute Gasteiger partial charge is 0.744 e. The van der Waals surface area contributed by atoms with Crippen LogP contribution in [-0.4, -0.2) is 31.4 Å². The summed E-state index contributed by atoms with van der Waals surface area (Å²) in [5.41, 5.74) is -3.31. The zero-order valence-corrected chi connectivity index (χ0v) is 25.9. The molecule has 196 valence electrons. The zero-order chi connectivity index (χ0) is 26.4. The average molecular weight is 620 g/mol. The second-order valence-electron chi connectivity index (χ2n) is 7.00. The summed E-state index contributed by atoms with van der Waals surface area (Å²) in [4.78, 5) is -1.61. The maximum absolute atomic E-state index is 13.4. The molecule has 3 aromatic carbocycles. The molecule has 0 aromatic heterocycles. The molecule has 0 saturated carbocycles. The molecule has 7 nitrogen and oxygen atoms in total. The fourth-order valence-electron chi connectivity index (χ4n) is 3.07. The second-order valence-corrected chi connectivity index (χ2v) is 12.0. The van der Waals surface area contributed by atoms with Gasteiger partial charge in [0.1, 0.15) is 20.2 Å². The van der Waals surface area contributed by atoms with Crippen LogP contribution in [0.15, 0.2) is 76.5 Å². The minimum absolute atomic E-state index is 0. The van der Waals surface area contributed by atoms with Gasteiger partial charge in [0, 0.05) is 0 Å². The molecule has 0 radical (unpaired) electrons. The maximum Gasteiger partial charge on any atom is 1.00 e. The Kier molecular flexibility index (Phi) is 13.2. The zero-order valence-electron chi connectivity index (χ0n) is 19.3. The van der Waals surface area contributed by atoms with Crippen LogP contribution in [0.25, 0.3) is 0 Å². The molecule has 0 heterocycles. The van der Waals surface area contributed by atoms with Gasteiger partial charge in [-0.1, -0.05) is 24.3 Å². The number of hydrogen-bond donors (Lipinski definition) is 0. The van der Waals surface area contributed by atoms with Gasteiger partial charge in [-0.3, -0.25) is 0 Å². The molecular formula is C20H13F6Na2O7PS2. The van der Waals surface area contributed by atoms with Crippen molar-refractivity contribution in [2.75, 3.05) is 0 Å². The third-order valence-corrected chi connectivity index (χ3v) is 8.59. The number of benzene rings is 3. The van der Waals surface area contributed by atoms with Crippen molar-refractivity contribution < 1.29 is 117 Å². The van der Waals surface area contributed by atoms with Gasteiger partial charge in [-0.2, -0.15) is 26.3 Å². The summed E-state index contributed by atoms with van der Waals surface area (Å²) in [6, 6.07) is 8.47. The van der Waals surface area contributed by atoms with Crippen LogP contribution in [0.1, 0.15) is 11.1 Å². The molecule has 3 aromatic rings. The van der Waals surface area contributed by atoms with Gasteiger partial charge in [0.2, 0.25) is 0 Å². The first-order chi connectivity index (χ1) is 15.9. The van der Waals surface area contributed by atoms with Gasteiger partial charge in [-0.05, 0) is 66.3 Å². The third kappa shape index (κ3) is 9.25. The Morgan fingerprint density at radius 1 is 0.579 bits per heavy atom. The van der Waals surface area contributed by atoms with Crippen molar-refractivity contribution in [3.05, 3.63) is 77.9 Å². The molecular weight excluding hydrogens is 607 g/mol. The van der Waals surface area contributed by atoms with Gasteiger partial charge >= 0.3 is 71.5 Å². The Balaban J connectivity index is 0.00000456. The van der Waals surface area contributed by atoms with E-state index in [1.165, 1.54) is 0 Å². The number of rotatable bonds is 5. The summed E-state index contributed by atoms with van der Waals surface area (Å²) >= 11 is 0. The Labute approximate surface area is 258 Å². The van der Waals surface area contributed by atoms with Crippen molar-refractivity contribution in [1.29, 1.82) is 0 Å². The normalized spacial score (nSPS) is 12.2. The number of halogens is 6. The second kappa shape index (κ2) is 13.4. The van der Waals surface area contributed by atoms with Gasteiger partial charge in [0.15, 0.2) is 0 Å². The van der Waals surface area contributed by atoms with Crippen molar-refractivity contribution in [3.8, 4) is 0 Å². The molecule has 2 N–H and O–H groups in total. The predicted molar refractivity (Wildman–Crippen MR) is 115 cm³/mol. The van der Waals surface area contributed by atoms with Crippen LogP contribution in [0.2, 0.25) is 0 Å². The van der Waals surface area contributed by atoms with Gasteiger partial charge in [0.05, 0.1) is 20.9 Å². The SMILES string of the molecule is O.O=S(=O)([O-])c1cccc(P(c2cc(C(F)(F)F)cc(C(F)(F)F)c2)c2cccc(S(=O)(=O)[O-])c2)c1.[Na+].[Na+]. The largest absolute Gasteiger partial charge is 1.00 e. The summed E-state index contributed by atoms with van der Waals surface area (Å²) in [6.45, 7) is 0. The average Bonchev–Trinajstić information content (AvgIpc) is 2.72. The van der Waals surface area contributed by atoms with Crippen LogP contribution in [0, 0.1) is 0 Å². The molecule has 0 aliphatic rings. The Hall–Kier alpha value is -0.550. The topological polar surface area (TPSA) is 146 Å². The van der Waals surface area contributed by atoms with Crippen molar-refractivity contribution in [1.82, 2.24) is 0 Å². The Morgan fingerprint density at radius 2 is 0.921 bits per heavy atom. The molecule has 0 fully saturated rings. The van der Waals surface area contributed by atoms with E-state index in [1.54, 1.807) is 0 Å². The molecule has 0 atom stereocenters. The van der Waals surface area contributed by atoms with E-state index in [2.05, 4.69) is 0 Å². The number of alkyl halides is 6. The van der Waals surface area contributed by atoms with Crippen LogP contribution < -0.4 is 75.0 Å². The van der Waals surface area contributed by atoms with E-state index in [9.17, 15) is 52.3 Å². The van der Waals surface area contributed by atoms with Gasteiger partial charge in [-0.25, -0.2) is 16.8 Å². The van der Waals surface area contributed by atoms with E-state index in [0.717, 1.165) is 48.5 Å². The first-order valence-corrected chi connectivity index (χ1v) is 13.2. The summed E-state index contributed by atoms with van der Waals surface area (Å²) in [5.74, 6) is 0. The maximum atomic E-state index is 13.4. The van der Waals surface area contributed by atoms with E-state index >= 15 is 0 Å². The minimum Gasteiger partial charge on any atom is -0.744 e. The van der Waals surface area contributed by atoms with Crippen molar-refractivity contribution >= 4 is 44.1 Å². The number of hydrogen-bond acceptors (Lipinski definition) is 6. The van der Waals surface area contributed by atoms with E-state index in [0.29, 0.717) is 12.1 Å². The van der Waals surface area contributed by atoms with E-state index in [1.807, 2.05) is 0 Å². The Bertz CT molecular complexity index is 1390. The van der Waals surface area contributed by atoms with Crippen molar-refractivity contribution in [2.45, 2.75) is 22.1 Å². The predicted octanol–water partition coefficient (Wildman–Crippen LogP) is -3.53. The monoisotopic (exact) mass is 620 g/mol. The molecule has 38 heavy (non-hydrogen) atoms. The van der Waals surface area contributed by atoms with Crippen LogP contribution in [0.3, 0.4) is 0 Å². The first kappa shape index (κ1) is 37.5. The summed E-state index contributed by atoms with van der Waals surface area (Å²) < 4.78 is 149. The molecule has 0 amide bonds. The molecule has 0 aliphatic carbocycles. The molecule has 0 unspecified atom stereocenters. The molecule has 0 bridgehead atoms. The quantitative estimate of drug-likeness (QED) is 0.125. The first-order valence-electron chi connectivity index (χ1n) is 9.09.